The van der Waals surface area contributed by atoms with E-state index in [9.17, 15) is 0 Å². The smallest absolute Gasteiger partial charge is 0.377 e. The van der Waals surface area contributed by atoms with Crippen molar-refractivity contribution in [1.29, 1.82) is 0 Å². The van der Waals surface area contributed by atoms with Crippen molar-refractivity contribution in [3.63, 3.8) is 0 Å². The molecule has 0 saturated heterocycles. The van der Waals surface area contributed by atoms with Crippen molar-refractivity contribution in [2.24, 2.45) is 0 Å². The largest absolute Gasteiger partial charge is 0.500 e. The third kappa shape index (κ3) is 5.73. The van der Waals surface area contributed by atoms with E-state index in [-0.39, 0.29) is 0 Å². The molecule has 0 heterocycles. The summed E-state index contributed by atoms with van der Waals surface area (Å²) >= 11 is 0. The first kappa shape index (κ1) is 25.5. The molecule has 0 radical (unpaired) electrons. The van der Waals surface area contributed by atoms with Gasteiger partial charge in [0.2, 0.25) is 0 Å². The first-order valence-corrected chi connectivity index (χ1v) is 17.3. The Morgan fingerprint density at radius 1 is 0.680 bits per heavy atom. The molecular formula is C18H45NO3Si3. The molecule has 0 bridgehead atoms. The Morgan fingerprint density at radius 2 is 1.00 bits per heavy atom. The highest BCUT2D eigenvalue weighted by molar-refractivity contribution is 6.93. The average Bonchev–Trinajstić information content (AvgIpc) is 2.45. The zero-order valence-electron chi connectivity index (χ0n) is 19.3. The topological polar surface area (TPSA) is 30.9 Å². The molecule has 0 fully saturated rings. The maximum Gasteiger partial charge on any atom is 0.500 e. The lowest BCUT2D eigenvalue weighted by molar-refractivity contribution is 0.122. The molecule has 0 aliphatic rings. The molecule has 25 heavy (non-hydrogen) atoms. The van der Waals surface area contributed by atoms with Gasteiger partial charge in [0.25, 0.3) is 0 Å². The van der Waals surface area contributed by atoms with Crippen LogP contribution in [0, 0.1) is 0 Å². The summed E-state index contributed by atoms with van der Waals surface area (Å²) in [6, 6.07) is 0.871. The molecule has 152 valence electrons. The van der Waals surface area contributed by atoms with E-state index >= 15 is 0 Å². The lowest BCUT2D eigenvalue weighted by Gasteiger charge is -2.57. The second kappa shape index (κ2) is 8.67. The van der Waals surface area contributed by atoms with Crippen LogP contribution in [0.1, 0.15) is 48.0 Å². The molecular weight excluding hydrogens is 362 g/mol. The van der Waals surface area contributed by atoms with Crippen molar-refractivity contribution < 1.29 is 13.3 Å². The Balaban J connectivity index is 5.59. The Kier molecular flexibility index (Phi) is 8.84. The molecule has 0 spiro atoms. The summed E-state index contributed by atoms with van der Waals surface area (Å²) in [5, 5.41) is 0.668. The lowest BCUT2D eigenvalue weighted by Crippen LogP contribution is -2.68. The van der Waals surface area contributed by atoms with Crippen LogP contribution in [0.5, 0.6) is 0 Å². The molecule has 7 heteroatoms. The molecule has 0 aromatic carbocycles. The van der Waals surface area contributed by atoms with E-state index in [0.29, 0.717) is 10.1 Å². The van der Waals surface area contributed by atoms with Gasteiger partial charge < -0.3 is 17.5 Å². The molecule has 0 aliphatic carbocycles. The Morgan fingerprint density at radius 3 is 1.24 bits per heavy atom. The Hall–Kier alpha value is 0.491. The number of hydrogen-bond donors (Lipinski definition) is 0. The van der Waals surface area contributed by atoms with Crippen LogP contribution in [0.4, 0.5) is 0 Å². The fourth-order valence-corrected chi connectivity index (χ4v) is 15.4. The van der Waals surface area contributed by atoms with Crippen LogP contribution in [-0.4, -0.2) is 57.4 Å². The SMILES string of the molecule is CO[Si](CCCN([Si](C)(C)C(C)(C)C)[Si](C)(C)C(C)(C)C)(OC)OC. The fraction of sp³-hybridized carbons (Fsp3) is 1.00. The standard InChI is InChI=1S/C18H45NO3Si3/c1-17(2,3)23(10,11)19(24(12,13)18(4,5)6)15-14-16-25(20-7,21-8)22-9/h14-16H2,1-13H3. The zero-order valence-corrected chi connectivity index (χ0v) is 22.3. The van der Waals surface area contributed by atoms with Crippen LogP contribution in [0.2, 0.25) is 42.3 Å². The van der Waals surface area contributed by atoms with E-state index in [0.717, 1.165) is 19.0 Å². The van der Waals surface area contributed by atoms with Gasteiger partial charge in [0, 0.05) is 27.4 Å². The highest BCUT2D eigenvalue weighted by Crippen LogP contribution is 2.47. The molecule has 0 rings (SSSR count). The molecule has 0 unspecified atom stereocenters. The van der Waals surface area contributed by atoms with E-state index < -0.39 is 25.3 Å². The quantitative estimate of drug-likeness (QED) is 0.468. The predicted octanol–water partition coefficient (Wildman–Crippen LogP) is 5.57. The van der Waals surface area contributed by atoms with Gasteiger partial charge in [0.15, 0.2) is 0 Å². The molecule has 0 atom stereocenters. The average molecular weight is 408 g/mol. The van der Waals surface area contributed by atoms with Crippen molar-refractivity contribution in [3.8, 4) is 0 Å². The zero-order chi connectivity index (χ0) is 20.3. The summed E-state index contributed by atoms with van der Waals surface area (Å²) in [7, 11) is -0.606. The van der Waals surface area contributed by atoms with Crippen molar-refractivity contribution >= 4 is 25.3 Å². The van der Waals surface area contributed by atoms with Crippen LogP contribution < -0.4 is 0 Å². The summed E-state index contributed by atoms with van der Waals surface area (Å²) in [6.07, 6.45) is 1.06. The summed E-state index contributed by atoms with van der Waals surface area (Å²) < 4.78 is 19.8. The van der Waals surface area contributed by atoms with Crippen LogP contribution in [-0.2, 0) is 13.3 Å². The van der Waals surface area contributed by atoms with Gasteiger partial charge in [-0.1, -0.05) is 67.7 Å². The number of hydrogen-bond acceptors (Lipinski definition) is 4. The van der Waals surface area contributed by atoms with E-state index in [1.54, 1.807) is 21.3 Å². The highest BCUT2D eigenvalue weighted by atomic mass is 28.4. The van der Waals surface area contributed by atoms with Gasteiger partial charge in [0.05, 0.1) is 0 Å². The highest BCUT2D eigenvalue weighted by Gasteiger charge is 2.51. The van der Waals surface area contributed by atoms with Crippen LogP contribution >= 0.6 is 0 Å². The maximum atomic E-state index is 5.62. The van der Waals surface area contributed by atoms with E-state index in [2.05, 4.69) is 72.0 Å². The van der Waals surface area contributed by atoms with E-state index in [4.69, 9.17) is 13.3 Å². The minimum atomic E-state index is -2.49. The molecule has 0 aromatic rings. The first-order valence-electron chi connectivity index (χ1n) is 9.45. The van der Waals surface area contributed by atoms with Crippen molar-refractivity contribution in [2.75, 3.05) is 27.9 Å². The summed E-state index contributed by atoms with van der Waals surface area (Å²) in [4.78, 5) is 0. The second-order valence-electron chi connectivity index (χ2n) is 10.2. The fourth-order valence-electron chi connectivity index (χ4n) is 3.08. The van der Waals surface area contributed by atoms with Gasteiger partial charge in [-0.2, -0.15) is 0 Å². The lowest BCUT2D eigenvalue weighted by atomic mass is 10.2. The minimum absolute atomic E-state index is 0.334. The van der Waals surface area contributed by atoms with Crippen LogP contribution in [0.25, 0.3) is 0 Å². The van der Waals surface area contributed by atoms with Crippen LogP contribution in [0.15, 0.2) is 0 Å². The van der Waals surface area contributed by atoms with E-state index in [1.165, 1.54) is 0 Å². The van der Waals surface area contributed by atoms with Gasteiger partial charge in [-0.15, -0.1) is 0 Å². The molecule has 0 aliphatic heterocycles. The second-order valence-corrected chi connectivity index (χ2v) is 24.0. The molecule has 0 amide bonds. The molecule has 0 saturated carbocycles. The molecule has 0 aromatic heterocycles. The summed E-state index contributed by atoms with van der Waals surface area (Å²) in [5.41, 5.74) is 0. The number of nitrogens with zero attached hydrogens (tertiary/aromatic N) is 1. The molecule has 0 N–H and O–H groups in total. The minimum Gasteiger partial charge on any atom is -0.377 e. The Labute approximate surface area is 161 Å². The third-order valence-electron chi connectivity index (χ3n) is 6.82. The third-order valence-corrected chi connectivity index (χ3v) is 23.5. The van der Waals surface area contributed by atoms with Gasteiger partial charge in [-0.05, 0) is 23.0 Å². The summed E-state index contributed by atoms with van der Waals surface area (Å²) in [6.45, 7) is 25.8. The van der Waals surface area contributed by atoms with Crippen molar-refractivity contribution in [1.82, 2.24) is 4.23 Å². The van der Waals surface area contributed by atoms with Gasteiger partial charge in [-0.3, -0.25) is 0 Å². The predicted molar refractivity (Wildman–Crippen MR) is 117 cm³/mol. The van der Waals surface area contributed by atoms with Gasteiger partial charge >= 0.3 is 8.80 Å². The molecule has 4 nitrogen and oxygen atoms in total. The maximum absolute atomic E-state index is 5.62. The van der Waals surface area contributed by atoms with Crippen molar-refractivity contribution in [2.45, 2.75) is 90.3 Å². The normalized spacial score (nSPS) is 15.1. The monoisotopic (exact) mass is 407 g/mol. The van der Waals surface area contributed by atoms with Crippen LogP contribution in [0.3, 0.4) is 0 Å². The first-order chi connectivity index (χ1) is 11.0. The Bertz CT molecular complexity index is 377. The van der Waals surface area contributed by atoms with Crippen molar-refractivity contribution in [3.05, 3.63) is 0 Å². The number of rotatable bonds is 9. The van der Waals surface area contributed by atoms with E-state index in [1.807, 2.05) is 0 Å². The van der Waals surface area contributed by atoms with Gasteiger partial charge in [0.1, 0.15) is 16.5 Å². The summed E-state index contributed by atoms with van der Waals surface area (Å²) in [5.74, 6) is 0. The van der Waals surface area contributed by atoms with Gasteiger partial charge in [-0.25, -0.2) is 0 Å².